The number of esters is 1. The van der Waals surface area contributed by atoms with Crippen LogP contribution in [-0.4, -0.2) is 42.0 Å². The summed E-state index contributed by atoms with van der Waals surface area (Å²) in [6.45, 7) is 2.38. The van der Waals surface area contributed by atoms with Crippen molar-refractivity contribution in [3.05, 3.63) is 58.1 Å². The van der Waals surface area contributed by atoms with Gasteiger partial charge in [0.1, 0.15) is 11.5 Å². The van der Waals surface area contributed by atoms with E-state index in [1.807, 2.05) is 18.2 Å². The fourth-order valence-electron chi connectivity index (χ4n) is 3.47. The standard InChI is InChI=1S/C22H26ClNO5/c1-2-28-22(27)13-29-18-7-4-14-3-6-17(9-16(14)10-18)24-12-21(26)15-5-8-20(25)19(23)11-15/h4-5,7-8,10-11,17,21,24-26H,2-3,6,9,12-13H2,1H3/t17-,21?/m1/s1. The second-order valence-corrected chi connectivity index (χ2v) is 7.51. The summed E-state index contributed by atoms with van der Waals surface area (Å²) in [6, 6.07) is 10.8. The molecular weight excluding hydrogens is 394 g/mol. The molecule has 29 heavy (non-hydrogen) atoms. The fraction of sp³-hybridized carbons (Fsp3) is 0.409. The number of carbonyl (C=O) groups is 1. The highest BCUT2D eigenvalue weighted by Crippen LogP contribution is 2.28. The minimum absolute atomic E-state index is 0.000410. The highest BCUT2D eigenvalue weighted by Gasteiger charge is 2.20. The molecule has 6 nitrogen and oxygen atoms in total. The summed E-state index contributed by atoms with van der Waals surface area (Å²) < 4.78 is 10.4. The smallest absolute Gasteiger partial charge is 0.344 e. The van der Waals surface area contributed by atoms with E-state index < -0.39 is 6.10 Å². The second-order valence-electron chi connectivity index (χ2n) is 7.10. The molecule has 0 radical (unpaired) electrons. The maximum atomic E-state index is 11.5. The molecule has 3 N–H and O–H groups in total. The van der Waals surface area contributed by atoms with Crippen LogP contribution >= 0.6 is 11.6 Å². The molecule has 156 valence electrons. The lowest BCUT2D eigenvalue weighted by Crippen LogP contribution is -2.37. The van der Waals surface area contributed by atoms with Crippen molar-refractivity contribution >= 4 is 17.6 Å². The molecule has 0 saturated carbocycles. The van der Waals surface area contributed by atoms with Crippen LogP contribution in [0.3, 0.4) is 0 Å². The van der Waals surface area contributed by atoms with Crippen LogP contribution in [-0.2, 0) is 22.4 Å². The lowest BCUT2D eigenvalue weighted by Gasteiger charge is -2.27. The van der Waals surface area contributed by atoms with Gasteiger partial charge >= 0.3 is 5.97 Å². The molecule has 0 spiro atoms. The van der Waals surface area contributed by atoms with Gasteiger partial charge in [0.25, 0.3) is 0 Å². The zero-order valence-electron chi connectivity index (χ0n) is 16.4. The lowest BCUT2D eigenvalue weighted by molar-refractivity contribution is -0.145. The monoisotopic (exact) mass is 419 g/mol. The van der Waals surface area contributed by atoms with Gasteiger partial charge in [-0.3, -0.25) is 0 Å². The molecule has 0 bridgehead atoms. The SMILES string of the molecule is CCOC(=O)COc1ccc2c(c1)C[C@H](NCC(O)c1ccc(O)c(Cl)c1)CC2. The van der Waals surface area contributed by atoms with Gasteiger partial charge in [0.05, 0.1) is 17.7 Å². The van der Waals surface area contributed by atoms with E-state index in [2.05, 4.69) is 5.32 Å². The van der Waals surface area contributed by atoms with Crippen LogP contribution < -0.4 is 10.1 Å². The normalized spacial score (nSPS) is 16.7. The lowest BCUT2D eigenvalue weighted by atomic mass is 9.88. The zero-order valence-corrected chi connectivity index (χ0v) is 17.1. The first-order valence-corrected chi connectivity index (χ1v) is 10.1. The summed E-state index contributed by atoms with van der Waals surface area (Å²) in [5.74, 6) is 0.268. The van der Waals surface area contributed by atoms with Gasteiger partial charge in [0.2, 0.25) is 0 Å². The molecule has 0 fully saturated rings. The first-order chi connectivity index (χ1) is 14.0. The van der Waals surface area contributed by atoms with E-state index >= 15 is 0 Å². The largest absolute Gasteiger partial charge is 0.506 e. The van der Waals surface area contributed by atoms with Gasteiger partial charge in [-0.15, -0.1) is 0 Å². The van der Waals surface area contributed by atoms with Crippen molar-refractivity contribution in [1.29, 1.82) is 0 Å². The number of ether oxygens (including phenoxy) is 2. The molecule has 3 rings (SSSR count). The predicted octanol–water partition coefficient (Wildman–Crippen LogP) is 3.17. The third-order valence-electron chi connectivity index (χ3n) is 5.02. The number of phenols is 1. The van der Waals surface area contributed by atoms with E-state index in [9.17, 15) is 15.0 Å². The van der Waals surface area contributed by atoms with Crippen molar-refractivity contribution in [1.82, 2.24) is 5.32 Å². The number of aromatic hydroxyl groups is 1. The van der Waals surface area contributed by atoms with Gasteiger partial charge in [-0.25, -0.2) is 4.79 Å². The van der Waals surface area contributed by atoms with Gasteiger partial charge in [0.15, 0.2) is 6.61 Å². The number of aliphatic hydroxyl groups excluding tert-OH is 1. The predicted molar refractivity (Wildman–Crippen MR) is 110 cm³/mol. The number of phenolic OH excluding ortho intramolecular Hbond substituents is 1. The number of aliphatic hydroxyl groups is 1. The van der Waals surface area contributed by atoms with Crippen LogP contribution in [0.1, 0.15) is 36.1 Å². The van der Waals surface area contributed by atoms with E-state index in [0.717, 1.165) is 19.3 Å². The number of benzene rings is 2. The number of rotatable bonds is 8. The first kappa shape index (κ1) is 21.4. The summed E-state index contributed by atoms with van der Waals surface area (Å²) in [7, 11) is 0. The van der Waals surface area contributed by atoms with E-state index in [4.69, 9.17) is 21.1 Å². The molecule has 2 atom stereocenters. The quantitative estimate of drug-likeness (QED) is 0.569. The summed E-state index contributed by atoms with van der Waals surface area (Å²) in [5.41, 5.74) is 3.11. The number of hydrogen-bond acceptors (Lipinski definition) is 6. The molecule has 1 unspecified atom stereocenters. The van der Waals surface area contributed by atoms with Gasteiger partial charge in [0, 0.05) is 12.6 Å². The Morgan fingerprint density at radius 2 is 2.10 bits per heavy atom. The molecule has 7 heteroatoms. The van der Waals surface area contributed by atoms with Crippen LogP contribution in [0, 0.1) is 0 Å². The minimum Gasteiger partial charge on any atom is -0.506 e. The number of nitrogens with one attached hydrogen (secondary N) is 1. The minimum atomic E-state index is -0.714. The topological polar surface area (TPSA) is 88.0 Å². The maximum Gasteiger partial charge on any atom is 0.344 e. The van der Waals surface area contributed by atoms with Crippen LogP contribution in [0.5, 0.6) is 11.5 Å². The molecular formula is C22H26ClNO5. The van der Waals surface area contributed by atoms with Gasteiger partial charge < -0.3 is 25.0 Å². The zero-order chi connectivity index (χ0) is 20.8. The van der Waals surface area contributed by atoms with Crippen molar-refractivity contribution in [2.24, 2.45) is 0 Å². The third kappa shape index (κ3) is 5.85. The fourth-order valence-corrected chi connectivity index (χ4v) is 3.66. The highest BCUT2D eigenvalue weighted by molar-refractivity contribution is 6.32. The van der Waals surface area contributed by atoms with E-state index in [0.29, 0.717) is 24.5 Å². The Bertz CT molecular complexity index is 857. The highest BCUT2D eigenvalue weighted by atomic mass is 35.5. The van der Waals surface area contributed by atoms with E-state index in [-0.39, 0.29) is 29.4 Å². The van der Waals surface area contributed by atoms with Crippen molar-refractivity contribution in [2.75, 3.05) is 19.8 Å². The Morgan fingerprint density at radius 3 is 2.86 bits per heavy atom. The average Bonchev–Trinajstić information content (AvgIpc) is 2.72. The van der Waals surface area contributed by atoms with Crippen molar-refractivity contribution in [2.45, 2.75) is 38.3 Å². The molecule has 0 amide bonds. The number of halogens is 1. The number of carbonyl (C=O) groups excluding carboxylic acids is 1. The molecule has 0 aromatic heterocycles. The third-order valence-corrected chi connectivity index (χ3v) is 5.33. The van der Waals surface area contributed by atoms with Crippen molar-refractivity contribution < 1.29 is 24.5 Å². The van der Waals surface area contributed by atoms with Crippen molar-refractivity contribution in [3.8, 4) is 11.5 Å². The van der Waals surface area contributed by atoms with E-state index in [1.165, 1.54) is 17.2 Å². The Balaban J connectivity index is 1.54. The van der Waals surface area contributed by atoms with Crippen LogP contribution in [0.2, 0.25) is 5.02 Å². The summed E-state index contributed by atoms with van der Waals surface area (Å²) in [4.78, 5) is 11.5. The maximum absolute atomic E-state index is 11.5. The first-order valence-electron chi connectivity index (χ1n) is 9.76. The average molecular weight is 420 g/mol. The number of aryl methyl sites for hydroxylation is 1. The molecule has 2 aromatic carbocycles. The molecule has 0 heterocycles. The van der Waals surface area contributed by atoms with Crippen LogP contribution in [0.4, 0.5) is 0 Å². The second kappa shape index (κ2) is 9.96. The summed E-state index contributed by atoms with van der Waals surface area (Å²) >= 11 is 5.92. The molecule has 1 aliphatic rings. The number of fused-ring (bicyclic) bond motifs is 1. The Labute approximate surface area is 175 Å². The Hall–Kier alpha value is -2.28. The summed E-state index contributed by atoms with van der Waals surface area (Å²) in [6.07, 6.45) is 2.01. The van der Waals surface area contributed by atoms with Crippen LogP contribution in [0.25, 0.3) is 0 Å². The van der Waals surface area contributed by atoms with Gasteiger partial charge in [-0.05, 0) is 67.1 Å². The molecule has 2 aromatic rings. The van der Waals surface area contributed by atoms with E-state index in [1.54, 1.807) is 19.1 Å². The Morgan fingerprint density at radius 1 is 1.28 bits per heavy atom. The Kier molecular flexibility index (Phi) is 7.36. The number of hydrogen-bond donors (Lipinski definition) is 3. The molecule has 0 saturated heterocycles. The van der Waals surface area contributed by atoms with Gasteiger partial charge in [-0.2, -0.15) is 0 Å². The van der Waals surface area contributed by atoms with Crippen molar-refractivity contribution in [3.63, 3.8) is 0 Å². The molecule has 0 aliphatic heterocycles. The summed E-state index contributed by atoms with van der Waals surface area (Å²) in [5, 5.41) is 23.5. The van der Waals surface area contributed by atoms with Gasteiger partial charge in [-0.1, -0.05) is 23.7 Å². The van der Waals surface area contributed by atoms with Crippen LogP contribution in [0.15, 0.2) is 36.4 Å². The molecule has 1 aliphatic carbocycles.